The SMILES string of the molecule is CCCCN(C)CCNS(=O)(=O)c1cc(Br)cc2c1N(C(=O)CC)CC2. The zero-order chi connectivity index (χ0) is 19.3. The number of likely N-dealkylation sites (N-methyl/N-ethyl adjacent to an activating group) is 1. The highest BCUT2D eigenvalue weighted by atomic mass is 79.9. The molecule has 1 amide bonds. The smallest absolute Gasteiger partial charge is 0.242 e. The lowest BCUT2D eigenvalue weighted by atomic mass is 10.2. The number of nitrogens with zero attached hydrogens (tertiary/aromatic N) is 2. The van der Waals surface area contributed by atoms with Crippen molar-refractivity contribution < 1.29 is 13.2 Å². The first-order chi connectivity index (χ1) is 12.3. The van der Waals surface area contributed by atoms with Gasteiger partial charge in [0.25, 0.3) is 0 Å². The third-order valence-electron chi connectivity index (χ3n) is 4.57. The topological polar surface area (TPSA) is 69.7 Å². The summed E-state index contributed by atoms with van der Waals surface area (Å²) in [5.41, 5.74) is 1.42. The molecular weight excluding hydrogens is 418 g/mol. The number of carbonyl (C=O) groups is 1. The molecule has 2 rings (SSSR count). The molecule has 0 aliphatic carbocycles. The lowest BCUT2D eigenvalue weighted by Crippen LogP contribution is -2.35. The lowest BCUT2D eigenvalue weighted by Gasteiger charge is -2.21. The van der Waals surface area contributed by atoms with E-state index in [0.29, 0.717) is 42.6 Å². The van der Waals surface area contributed by atoms with Crippen molar-refractivity contribution in [2.24, 2.45) is 0 Å². The Morgan fingerprint density at radius 2 is 2.04 bits per heavy atom. The molecular formula is C18H28BrN3O3S. The number of nitrogens with one attached hydrogen (secondary N) is 1. The maximum atomic E-state index is 12.9. The van der Waals surface area contributed by atoms with Crippen molar-refractivity contribution >= 4 is 37.5 Å². The molecule has 0 fully saturated rings. The third kappa shape index (κ3) is 5.06. The number of amides is 1. The predicted molar refractivity (Wildman–Crippen MR) is 108 cm³/mol. The van der Waals surface area contributed by atoms with E-state index >= 15 is 0 Å². The molecule has 0 aromatic heterocycles. The van der Waals surface area contributed by atoms with Gasteiger partial charge in [0.15, 0.2) is 0 Å². The summed E-state index contributed by atoms with van der Waals surface area (Å²) in [6.07, 6.45) is 3.23. The molecule has 0 radical (unpaired) electrons. The Kier molecular flexibility index (Phi) is 7.63. The second-order valence-corrected chi connectivity index (χ2v) is 9.27. The van der Waals surface area contributed by atoms with Gasteiger partial charge in [0.2, 0.25) is 15.9 Å². The summed E-state index contributed by atoms with van der Waals surface area (Å²) in [6.45, 7) is 6.38. The van der Waals surface area contributed by atoms with E-state index in [-0.39, 0.29) is 10.8 Å². The van der Waals surface area contributed by atoms with Gasteiger partial charge in [-0.3, -0.25) is 4.79 Å². The maximum Gasteiger partial charge on any atom is 0.242 e. The average molecular weight is 446 g/mol. The molecule has 0 saturated heterocycles. The predicted octanol–water partition coefficient (Wildman–Crippen LogP) is 2.76. The van der Waals surface area contributed by atoms with Crippen molar-refractivity contribution in [1.82, 2.24) is 9.62 Å². The molecule has 1 aromatic rings. The summed E-state index contributed by atoms with van der Waals surface area (Å²) < 4.78 is 29.2. The van der Waals surface area contributed by atoms with Crippen LogP contribution in [0.3, 0.4) is 0 Å². The maximum absolute atomic E-state index is 12.9. The molecule has 0 spiro atoms. The quantitative estimate of drug-likeness (QED) is 0.634. The molecule has 8 heteroatoms. The number of halogens is 1. The number of sulfonamides is 1. The fourth-order valence-corrected chi connectivity index (χ4v) is 5.05. The molecule has 0 atom stereocenters. The summed E-state index contributed by atoms with van der Waals surface area (Å²) in [4.78, 5) is 16.1. The summed E-state index contributed by atoms with van der Waals surface area (Å²) in [5.74, 6) is -0.0539. The summed E-state index contributed by atoms with van der Waals surface area (Å²) in [7, 11) is -1.71. The second kappa shape index (κ2) is 9.30. The first-order valence-electron chi connectivity index (χ1n) is 9.11. The van der Waals surface area contributed by atoms with Crippen molar-refractivity contribution in [2.75, 3.05) is 38.1 Å². The van der Waals surface area contributed by atoms with Crippen LogP contribution < -0.4 is 9.62 Å². The highest BCUT2D eigenvalue weighted by Gasteiger charge is 2.31. The number of hydrogen-bond donors (Lipinski definition) is 1. The molecule has 1 aliphatic rings. The minimum Gasteiger partial charge on any atom is -0.310 e. The second-order valence-electron chi connectivity index (χ2n) is 6.62. The number of benzene rings is 1. The average Bonchev–Trinajstić information content (AvgIpc) is 3.01. The van der Waals surface area contributed by atoms with E-state index in [4.69, 9.17) is 0 Å². The minimum absolute atomic E-state index is 0.0539. The Morgan fingerprint density at radius 3 is 2.69 bits per heavy atom. The van der Waals surface area contributed by atoms with Crippen molar-refractivity contribution in [2.45, 2.75) is 44.4 Å². The van der Waals surface area contributed by atoms with E-state index in [1.54, 1.807) is 17.9 Å². The largest absolute Gasteiger partial charge is 0.310 e. The Labute approximate surface area is 165 Å². The van der Waals surface area contributed by atoms with E-state index in [9.17, 15) is 13.2 Å². The van der Waals surface area contributed by atoms with Crippen LogP contribution in [0.1, 0.15) is 38.7 Å². The molecule has 0 bridgehead atoms. The van der Waals surface area contributed by atoms with Crippen LogP contribution in [0.2, 0.25) is 0 Å². The van der Waals surface area contributed by atoms with Crippen LogP contribution in [0.4, 0.5) is 5.69 Å². The van der Waals surface area contributed by atoms with Crippen molar-refractivity contribution in [3.05, 3.63) is 22.2 Å². The first kappa shape index (κ1) is 21.3. The van der Waals surface area contributed by atoms with Crippen molar-refractivity contribution in [1.29, 1.82) is 0 Å². The Bertz CT molecular complexity index is 752. The van der Waals surface area contributed by atoms with Gasteiger partial charge in [0, 0.05) is 30.5 Å². The van der Waals surface area contributed by atoms with Gasteiger partial charge >= 0.3 is 0 Å². The molecule has 0 unspecified atom stereocenters. The summed E-state index contributed by atoms with van der Waals surface area (Å²) in [6, 6.07) is 3.49. The highest BCUT2D eigenvalue weighted by Crippen LogP contribution is 2.37. The zero-order valence-electron chi connectivity index (χ0n) is 15.7. The molecule has 6 nitrogen and oxygen atoms in total. The molecule has 146 valence electrons. The van der Waals surface area contributed by atoms with Gasteiger partial charge in [0.1, 0.15) is 4.90 Å². The number of hydrogen-bond acceptors (Lipinski definition) is 4. The molecule has 1 aromatic carbocycles. The lowest BCUT2D eigenvalue weighted by molar-refractivity contribution is -0.118. The van der Waals surface area contributed by atoms with Gasteiger partial charge in [-0.25, -0.2) is 13.1 Å². The molecule has 1 heterocycles. The van der Waals surface area contributed by atoms with Gasteiger partial charge in [-0.1, -0.05) is 36.2 Å². The first-order valence-corrected chi connectivity index (χ1v) is 11.4. The minimum atomic E-state index is -3.70. The van der Waals surface area contributed by atoms with Crippen LogP contribution in [-0.2, 0) is 21.2 Å². The molecule has 26 heavy (non-hydrogen) atoms. The molecule has 1 N–H and O–H groups in total. The van der Waals surface area contributed by atoms with E-state index in [0.717, 1.165) is 24.9 Å². The van der Waals surface area contributed by atoms with Gasteiger partial charge in [0.05, 0.1) is 5.69 Å². The van der Waals surface area contributed by atoms with E-state index in [1.807, 2.05) is 13.1 Å². The number of fused-ring (bicyclic) bond motifs is 1. The van der Waals surface area contributed by atoms with Crippen LogP contribution in [-0.4, -0.2) is 52.5 Å². The van der Waals surface area contributed by atoms with Gasteiger partial charge in [-0.15, -0.1) is 0 Å². The van der Waals surface area contributed by atoms with Crippen LogP contribution in [0.15, 0.2) is 21.5 Å². The van der Waals surface area contributed by atoms with Crippen LogP contribution >= 0.6 is 15.9 Å². The van der Waals surface area contributed by atoms with Crippen LogP contribution in [0.5, 0.6) is 0 Å². The standard InChI is InChI=1S/C18H28BrN3O3S/c1-4-6-9-21(3)11-8-20-26(24,25)16-13-15(19)12-14-7-10-22(18(14)16)17(23)5-2/h12-13,20H,4-11H2,1-3H3. The third-order valence-corrected chi connectivity index (χ3v) is 6.50. The van der Waals surface area contributed by atoms with Gasteiger partial charge in [-0.2, -0.15) is 0 Å². The van der Waals surface area contributed by atoms with Gasteiger partial charge in [-0.05, 0) is 44.1 Å². The number of carbonyl (C=O) groups excluding carboxylic acids is 1. The molecule has 1 aliphatic heterocycles. The van der Waals surface area contributed by atoms with Crippen LogP contribution in [0, 0.1) is 0 Å². The number of anilines is 1. The molecule has 0 saturated carbocycles. The van der Waals surface area contributed by atoms with E-state index in [2.05, 4.69) is 32.5 Å². The number of unbranched alkanes of at least 4 members (excludes halogenated alkanes) is 1. The van der Waals surface area contributed by atoms with E-state index in [1.165, 1.54) is 0 Å². The summed E-state index contributed by atoms with van der Waals surface area (Å²) in [5, 5.41) is 0. The number of rotatable bonds is 9. The fourth-order valence-electron chi connectivity index (χ4n) is 3.10. The Hall–Kier alpha value is -0.960. The zero-order valence-corrected chi connectivity index (χ0v) is 18.1. The Morgan fingerprint density at radius 1 is 1.31 bits per heavy atom. The van der Waals surface area contributed by atoms with Gasteiger partial charge < -0.3 is 9.80 Å². The van der Waals surface area contributed by atoms with Crippen LogP contribution in [0.25, 0.3) is 0 Å². The van der Waals surface area contributed by atoms with Crippen molar-refractivity contribution in [3.63, 3.8) is 0 Å². The fraction of sp³-hybridized carbons (Fsp3) is 0.611. The Balaban J connectivity index is 2.20. The monoisotopic (exact) mass is 445 g/mol. The highest BCUT2D eigenvalue weighted by molar-refractivity contribution is 9.10. The normalized spacial score (nSPS) is 14.1. The van der Waals surface area contributed by atoms with Crippen molar-refractivity contribution in [3.8, 4) is 0 Å². The summed E-state index contributed by atoms with van der Waals surface area (Å²) >= 11 is 3.40. The van der Waals surface area contributed by atoms with E-state index < -0.39 is 10.0 Å².